The number of rotatable bonds is 5. The number of hydrogen-bond donors (Lipinski definition) is 4. The number of para-hydroxylation sites is 3. The molecule has 138 valence electrons. The predicted molar refractivity (Wildman–Crippen MR) is 108 cm³/mol. The number of aromatic nitrogens is 2. The minimum atomic E-state index is -0.216. The summed E-state index contributed by atoms with van der Waals surface area (Å²) in [6.45, 7) is 3.72. The number of carbonyl (C=O) groups is 1. The second kappa shape index (κ2) is 7.92. The largest absolute Gasteiger partial charge is 0.367 e. The lowest BCUT2D eigenvalue weighted by Gasteiger charge is -2.31. The van der Waals surface area contributed by atoms with Gasteiger partial charge in [0.1, 0.15) is 5.69 Å². The van der Waals surface area contributed by atoms with Crippen LogP contribution in [0.5, 0.6) is 0 Å². The van der Waals surface area contributed by atoms with Gasteiger partial charge in [0.2, 0.25) is 5.95 Å². The molecular formula is C20H22N6O. The van der Waals surface area contributed by atoms with Gasteiger partial charge in [-0.3, -0.25) is 4.79 Å². The summed E-state index contributed by atoms with van der Waals surface area (Å²) in [6, 6.07) is 17.6. The molecule has 4 N–H and O–H groups in total. The second-order valence-electron chi connectivity index (χ2n) is 6.34. The SMILES string of the molecule is O=C(Nc1ccccc1N1CCNCC1)c1cnc(Nc2ccccc2)[nH]1. The number of piperazine rings is 1. The number of benzene rings is 2. The number of anilines is 4. The molecule has 1 amide bonds. The minimum Gasteiger partial charge on any atom is -0.367 e. The van der Waals surface area contributed by atoms with Gasteiger partial charge in [-0.25, -0.2) is 4.98 Å². The minimum absolute atomic E-state index is 0.216. The molecule has 4 rings (SSSR count). The van der Waals surface area contributed by atoms with Crippen LogP contribution in [0, 0.1) is 0 Å². The third-order valence-corrected chi connectivity index (χ3v) is 4.47. The Labute approximate surface area is 157 Å². The normalized spacial score (nSPS) is 14.0. The third kappa shape index (κ3) is 4.09. The maximum Gasteiger partial charge on any atom is 0.273 e. The molecule has 2 heterocycles. The molecule has 1 aliphatic rings. The van der Waals surface area contributed by atoms with E-state index in [-0.39, 0.29) is 5.91 Å². The monoisotopic (exact) mass is 362 g/mol. The van der Waals surface area contributed by atoms with E-state index < -0.39 is 0 Å². The van der Waals surface area contributed by atoms with Crippen LogP contribution < -0.4 is 20.9 Å². The van der Waals surface area contributed by atoms with Gasteiger partial charge in [-0.05, 0) is 24.3 Å². The first-order valence-corrected chi connectivity index (χ1v) is 9.03. The van der Waals surface area contributed by atoms with Crippen LogP contribution in [0.15, 0.2) is 60.8 Å². The molecular weight excluding hydrogens is 340 g/mol. The van der Waals surface area contributed by atoms with Crippen molar-refractivity contribution in [3.63, 3.8) is 0 Å². The van der Waals surface area contributed by atoms with E-state index in [4.69, 9.17) is 0 Å². The van der Waals surface area contributed by atoms with E-state index in [0.717, 1.165) is 43.2 Å². The lowest BCUT2D eigenvalue weighted by Crippen LogP contribution is -2.43. The van der Waals surface area contributed by atoms with Gasteiger partial charge in [0.05, 0.1) is 17.6 Å². The molecule has 0 unspecified atom stereocenters. The second-order valence-corrected chi connectivity index (χ2v) is 6.34. The molecule has 27 heavy (non-hydrogen) atoms. The summed E-state index contributed by atoms with van der Waals surface area (Å²) in [5, 5.41) is 9.49. The van der Waals surface area contributed by atoms with Gasteiger partial charge in [0.25, 0.3) is 5.91 Å². The maximum absolute atomic E-state index is 12.7. The number of H-pyrrole nitrogens is 1. The first-order chi connectivity index (χ1) is 13.3. The maximum atomic E-state index is 12.7. The van der Waals surface area contributed by atoms with Gasteiger partial charge in [-0.2, -0.15) is 0 Å². The van der Waals surface area contributed by atoms with Crippen LogP contribution in [-0.4, -0.2) is 42.1 Å². The number of nitrogens with one attached hydrogen (secondary N) is 4. The van der Waals surface area contributed by atoms with Gasteiger partial charge in [0.15, 0.2) is 0 Å². The van der Waals surface area contributed by atoms with Crippen molar-refractivity contribution in [2.24, 2.45) is 0 Å². The molecule has 0 saturated carbocycles. The fourth-order valence-corrected chi connectivity index (χ4v) is 3.11. The molecule has 7 nitrogen and oxygen atoms in total. The highest BCUT2D eigenvalue weighted by molar-refractivity contribution is 6.04. The summed E-state index contributed by atoms with van der Waals surface area (Å²) in [6.07, 6.45) is 1.54. The quantitative estimate of drug-likeness (QED) is 0.561. The molecule has 0 radical (unpaired) electrons. The average Bonchev–Trinajstić information content (AvgIpc) is 3.18. The summed E-state index contributed by atoms with van der Waals surface area (Å²) in [5.41, 5.74) is 3.15. The molecule has 7 heteroatoms. The molecule has 2 aromatic carbocycles. The Balaban J connectivity index is 1.47. The highest BCUT2D eigenvalue weighted by Gasteiger charge is 2.16. The number of aromatic amines is 1. The van der Waals surface area contributed by atoms with Crippen LogP contribution in [0.1, 0.15) is 10.5 Å². The summed E-state index contributed by atoms with van der Waals surface area (Å²) >= 11 is 0. The van der Waals surface area contributed by atoms with E-state index in [0.29, 0.717) is 11.6 Å². The zero-order valence-corrected chi connectivity index (χ0v) is 14.9. The molecule has 3 aromatic rings. The number of imidazole rings is 1. The first kappa shape index (κ1) is 17.1. The van der Waals surface area contributed by atoms with E-state index in [1.54, 1.807) is 0 Å². The van der Waals surface area contributed by atoms with Crippen LogP contribution >= 0.6 is 0 Å². The fraction of sp³-hybridized carbons (Fsp3) is 0.200. The summed E-state index contributed by atoms with van der Waals surface area (Å²) in [4.78, 5) is 22.2. The van der Waals surface area contributed by atoms with Crippen molar-refractivity contribution < 1.29 is 4.79 Å². The topological polar surface area (TPSA) is 85.1 Å². The standard InChI is InChI=1S/C20H22N6O/c27-19(17-14-22-20(25-17)23-15-6-2-1-3-7-15)24-16-8-4-5-9-18(16)26-12-10-21-11-13-26/h1-9,14,21H,10-13H2,(H,24,27)(H2,22,23,25). The van der Waals surface area contributed by atoms with Gasteiger partial charge in [-0.15, -0.1) is 0 Å². The zero-order valence-electron chi connectivity index (χ0n) is 14.9. The molecule has 1 aromatic heterocycles. The third-order valence-electron chi connectivity index (χ3n) is 4.47. The molecule has 1 saturated heterocycles. The Kier molecular flexibility index (Phi) is 5.02. The van der Waals surface area contributed by atoms with E-state index >= 15 is 0 Å². The molecule has 0 bridgehead atoms. The van der Waals surface area contributed by atoms with Crippen LogP contribution in [0.3, 0.4) is 0 Å². The van der Waals surface area contributed by atoms with E-state index in [1.807, 2.05) is 54.6 Å². The smallest absolute Gasteiger partial charge is 0.273 e. The van der Waals surface area contributed by atoms with Gasteiger partial charge < -0.3 is 25.8 Å². The van der Waals surface area contributed by atoms with Crippen LogP contribution in [0.25, 0.3) is 0 Å². The van der Waals surface area contributed by atoms with Crippen LogP contribution in [0.2, 0.25) is 0 Å². The summed E-state index contributed by atoms with van der Waals surface area (Å²) in [7, 11) is 0. The predicted octanol–water partition coefficient (Wildman–Crippen LogP) is 2.82. The highest BCUT2D eigenvalue weighted by atomic mass is 16.1. The van der Waals surface area contributed by atoms with Crippen molar-refractivity contribution in [2.45, 2.75) is 0 Å². The lowest BCUT2D eigenvalue weighted by atomic mass is 10.2. The number of amides is 1. The Hall–Kier alpha value is -3.32. The van der Waals surface area contributed by atoms with Gasteiger partial charge >= 0.3 is 0 Å². The van der Waals surface area contributed by atoms with Crippen molar-refractivity contribution in [1.29, 1.82) is 0 Å². The van der Waals surface area contributed by atoms with Crippen molar-refractivity contribution >= 4 is 28.9 Å². The van der Waals surface area contributed by atoms with Crippen molar-refractivity contribution in [2.75, 3.05) is 41.7 Å². The van der Waals surface area contributed by atoms with Crippen LogP contribution in [0.4, 0.5) is 23.0 Å². The summed E-state index contributed by atoms with van der Waals surface area (Å²) < 4.78 is 0. The van der Waals surface area contributed by atoms with Gasteiger partial charge in [-0.1, -0.05) is 30.3 Å². The average molecular weight is 362 g/mol. The highest BCUT2D eigenvalue weighted by Crippen LogP contribution is 2.26. The molecule has 0 spiro atoms. The first-order valence-electron chi connectivity index (χ1n) is 9.03. The van der Waals surface area contributed by atoms with Crippen LogP contribution in [-0.2, 0) is 0 Å². The Morgan fingerprint density at radius 2 is 1.74 bits per heavy atom. The van der Waals surface area contributed by atoms with Crippen molar-refractivity contribution in [1.82, 2.24) is 15.3 Å². The Bertz CT molecular complexity index is 902. The number of hydrogen-bond acceptors (Lipinski definition) is 5. The van der Waals surface area contributed by atoms with E-state index in [9.17, 15) is 4.79 Å². The lowest BCUT2D eigenvalue weighted by molar-refractivity contribution is 0.102. The molecule has 1 fully saturated rings. The van der Waals surface area contributed by atoms with Crippen molar-refractivity contribution in [3.05, 3.63) is 66.5 Å². The Morgan fingerprint density at radius 3 is 2.56 bits per heavy atom. The van der Waals surface area contributed by atoms with Gasteiger partial charge in [0, 0.05) is 31.9 Å². The number of nitrogens with zero attached hydrogens (tertiary/aromatic N) is 2. The molecule has 1 aliphatic heterocycles. The van der Waals surface area contributed by atoms with E-state index in [1.165, 1.54) is 6.20 Å². The van der Waals surface area contributed by atoms with Crippen molar-refractivity contribution in [3.8, 4) is 0 Å². The molecule has 0 aliphatic carbocycles. The fourth-order valence-electron chi connectivity index (χ4n) is 3.11. The van der Waals surface area contributed by atoms with E-state index in [2.05, 4.69) is 30.8 Å². The summed E-state index contributed by atoms with van der Waals surface area (Å²) in [5.74, 6) is 0.313. The molecule has 0 atom stereocenters. The number of carbonyl (C=O) groups excluding carboxylic acids is 1. The Morgan fingerprint density at radius 1 is 1.00 bits per heavy atom. The zero-order chi connectivity index (χ0) is 18.5.